The topological polar surface area (TPSA) is 69.7 Å². The molecule has 0 atom stereocenters. The van der Waals surface area contributed by atoms with Gasteiger partial charge in [0, 0.05) is 25.2 Å². The van der Waals surface area contributed by atoms with E-state index in [1.807, 2.05) is 29.2 Å². The molecule has 0 heterocycles. The zero-order chi connectivity index (χ0) is 12.7. The fourth-order valence-corrected chi connectivity index (χ4v) is 1.89. The summed E-state index contributed by atoms with van der Waals surface area (Å²) in [6.45, 7) is 1.79. The summed E-state index contributed by atoms with van der Waals surface area (Å²) in [5.74, 6) is 0. The molecule has 0 unspecified atom stereocenters. The molecule has 0 aliphatic carbocycles. The van der Waals surface area contributed by atoms with Crippen molar-refractivity contribution < 1.29 is 10.2 Å². The summed E-state index contributed by atoms with van der Waals surface area (Å²) >= 11 is 4.99. The summed E-state index contributed by atoms with van der Waals surface area (Å²) in [7, 11) is 0. The SMILES string of the molecule is NC(=S)c1ccccc1CN(CCO)CCO. The first-order valence-electron chi connectivity index (χ1n) is 5.50. The first-order valence-corrected chi connectivity index (χ1v) is 5.91. The van der Waals surface area contributed by atoms with Crippen LogP contribution in [0.1, 0.15) is 11.1 Å². The first kappa shape index (κ1) is 14.1. The molecule has 94 valence electrons. The van der Waals surface area contributed by atoms with Gasteiger partial charge in [-0.2, -0.15) is 0 Å². The van der Waals surface area contributed by atoms with Crippen LogP contribution in [0, 0.1) is 0 Å². The molecule has 0 fully saturated rings. The zero-order valence-electron chi connectivity index (χ0n) is 9.67. The van der Waals surface area contributed by atoms with Crippen LogP contribution in [0.3, 0.4) is 0 Å². The van der Waals surface area contributed by atoms with Gasteiger partial charge in [0.25, 0.3) is 0 Å². The van der Waals surface area contributed by atoms with Crippen LogP contribution in [-0.4, -0.2) is 46.4 Å². The molecule has 0 amide bonds. The molecule has 0 saturated carbocycles. The van der Waals surface area contributed by atoms with Crippen molar-refractivity contribution in [2.24, 2.45) is 5.73 Å². The third-order valence-corrected chi connectivity index (χ3v) is 2.73. The van der Waals surface area contributed by atoms with Crippen LogP contribution in [-0.2, 0) is 6.54 Å². The molecule has 0 spiro atoms. The predicted molar refractivity (Wildman–Crippen MR) is 71.8 cm³/mol. The summed E-state index contributed by atoms with van der Waals surface area (Å²) in [6.07, 6.45) is 0. The number of rotatable bonds is 7. The van der Waals surface area contributed by atoms with Crippen molar-refractivity contribution in [3.8, 4) is 0 Å². The average molecular weight is 254 g/mol. The maximum Gasteiger partial charge on any atom is 0.104 e. The van der Waals surface area contributed by atoms with Gasteiger partial charge in [-0.25, -0.2) is 0 Å². The molecular weight excluding hydrogens is 236 g/mol. The third kappa shape index (κ3) is 4.40. The van der Waals surface area contributed by atoms with Crippen molar-refractivity contribution in [1.29, 1.82) is 0 Å². The van der Waals surface area contributed by atoms with Gasteiger partial charge < -0.3 is 15.9 Å². The smallest absolute Gasteiger partial charge is 0.104 e. The van der Waals surface area contributed by atoms with Crippen LogP contribution < -0.4 is 5.73 Å². The fourth-order valence-electron chi connectivity index (χ4n) is 1.69. The molecular formula is C12H18N2O2S. The molecule has 0 aliphatic rings. The van der Waals surface area contributed by atoms with E-state index in [0.29, 0.717) is 24.6 Å². The minimum atomic E-state index is 0.0647. The van der Waals surface area contributed by atoms with Crippen molar-refractivity contribution in [1.82, 2.24) is 4.90 Å². The van der Waals surface area contributed by atoms with E-state index in [4.69, 9.17) is 28.2 Å². The van der Waals surface area contributed by atoms with Crippen molar-refractivity contribution in [2.75, 3.05) is 26.3 Å². The van der Waals surface area contributed by atoms with Crippen LogP contribution >= 0.6 is 12.2 Å². The fraction of sp³-hybridized carbons (Fsp3) is 0.417. The lowest BCUT2D eigenvalue weighted by atomic mass is 10.1. The standard InChI is InChI=1S/C12H18N2O2S/c13-12(17)11-4-2-1-3-10(11)9-14(5-7-15)6-8-16/h1-4,15-16H,5-9H2,(H2,13,17). The summed E-state index contributed by atoms with van der Waals surface area (Å²) in [4.78, 5) is 2.32. The molecule has 4 N–H and O–H groups in total. The molecule has 5 heteroatoms. The number of benzene rings is 1. The van der Waals surface area contributed by atoms with Gasteiger partial charge in [0.2, 0.25) is 0 Å². The molecule has 0 aliphatic heterocycles. The van der Waals surface area contributed by atoms with E-state index in [0.717, 1.165) is 11.1 Å². The van der Waals surface area contributed by atoms with Crippen molar-refractivity contribution in [3.05, 3.63) is 35.4 Å². The Labute approximate surface area is 107 Å². The Morgan fingerprint density at radius 2 is 1.76 bits per heavy atom. The number of aliphatic hydroxyl groups is 2. The predicted octanol–water partition coefficient (Wildman–Crippen LogP) is 0.107. The molecule has 1 aromatic rings. The average Bonchev–Trinajstić information content (AvgIpc) is 2.30. The Morgan fingerprint density at radius 1 is 1.18 bits per heavy atom. The van der Waals surface area contributed by atoms with Gasteiger partial charge in [-0.15, -0.1) is 0 Å². The normalized spacial score (nSPS) is 10.8. The summed E-state index contributed by atoms with van der Waals surface area (Å²) in [6, 6.07) is 7.65. The summed E-state index contributed by atoms with van der Waals surface area (Å²) in [5.41, 5.74) is 7.52. The Morgan fingerprint density at radius 3 is 2.29 bits per heavy atom. The first-order chi connectivity index (χ1) is 8.19. The second kappa shape index (κ2) is 7.34. The van der Waals surface area contributed by atoms with E-state index in [1.54, 1.807) is 0 Å². The lowest BCUT2D eigenvalue weighted by Crippen LogP contribution is -2.30. The number of thiocarbonyl (C=S) groups is 1. The molecule has 0 bridgehead atoms. The second-order valence-electron chi connectivity index (χ2n) is 3.74. The highest BCUT2D eigenvalue weighted by Gasteiger charge is 2.09. The molecule has 4 nitrogen and oxygen atoms in total. The molecule has 0 saturated heterocycles. The van der Waals surface area contributed by atoms with Crippen LogP contribution in [0.2, 0.25) is 0 Å². The van der Waals surface area contributed by atoms with E-state index in [2.05, 4.69) is 0 Å². The molecule has 1 rings (SSSR count). The van der Waals surface area contributed by atoms with Crippen molar-refractivity contribution >= 4 is 17.2 Å². The van der Waals surface area contributed by atoms with E-state index >= 15 is 0 Å². The lowest BCUT2D eigenvalue weighted by molar-refractivity contribution is 0.156. The van der Waals surface area contributed by atoms with Crippen LogP contribution in [0.15, 0.2) is 24.3 Å². The van der Waals surface area contributed by atoms with Crippen molar-refractivity contribution in [2.45, 2.75) is 6.54 Å². The number of aliphatic hydroxyl groups excluding tert-OH is 2. The van der Waals surface area contributed by atoms with E-state index in [9.17, 15) is 0 Å². The second-order valence-corrected chi connectivity index (χ2v) is 4.18. The Hall–Kier alpha value is -1.01. The quantitative estimate of drug-likeness (QED) is 0.602. The van der Waals surface area contributed by atoms with Gasteiger partial charge in [0.05, 0.1) is 13.2 Å². The lowest BCUT2D eigenvalue weighted by Gasteiger charge is -2.21. The number of hydrogen-bond donors (Lipinski definition) is 3. The maximum absolute atomic E-state index is 8.95. The molecule has 1 aromatic carbocycles. The minimum absolute atomic E-state index is 0.0647. The molecule has 0 radical (unpaired) electrons. The zero-order valence-corrected chi connectivity index (χ0v) is 10.5. The van der Waals surface area contributed by atoms with Gasteiger partial charge in [0.15, 0.2) is 0 Å². The number of nitrogens with two attached hydrogens (primary N) is 1. The van der Waals surface area contributed by atoms with Gasteiger partial charge in [-0.3, -0.25) is 4.90 Å². The van der Waals surface area contributed by atoms with Crippen LogP contribution in [0.4, 0.5) is 0 Å². The summed E-state index contributed by atoms with van der Waals surface area (Å²) in [5, 5.41) is 17.9. The van der Waals surface area contributed by atoms with Crippen molar-refractivity contribution in [3.63, 3.8) is 0 Å². The Kier molecular flexibility index (Phi) is 6.07. The van der Waals surface area contributed by atoms with Crippen LogP contribution in [0.5, 0.6) is 0 Å². The minimum Gasteiger partial charge on any atom is -0.395 e. The maximum atomic E-state index is 8.95. The van der Waals surface area contributed by atoms with Gasteiger partial charge in [-0.1, -0.05) is 36.5 Å². The highest BCUT2D eigenvalue weighted by molar-refractivity contribution is 7.80. The van der Waals surface area contributed by atoms with E-state index in [-0.39, 0.29) is 13.2 Å². The Balaban J connectivity index is 2.80. The van der Waals surface area contributed by atoms with Gasteiger partial charge in [-0.05, 0) is 5.56 Å². The number of nitrogens with zero attached hydrogens (tertiary/aromatic N) is 1. The highest BCUT2D eigenvalue weighted by Crippen LogP contribution is 2.11. The van der Waals surface area contributed by atoms with E-state index in [1.165, 1.54) is 0 Å². The molecule has 0 aromatic heterocycles. The monoisotopic (exact) mass is 254 g/mol. The third-order valence-electron chi connectivity index (χ3n) is 2.51. The van der Waals surface area contributed by atoms with Crippen LogP contribution in [0.25, 0.3) is 0 Å². The van der Waals surface area contributed by atoms with Gasteiger partial charge >= 0.3 is 0 Å². The Bertz CT molecular complexity index is 365. The van der Waals surface area contributed by atoms with E-state index < -0.39 is 0 Å². The highest BCUT2D eigenvalue weighted by atomic mass is 32.1. The molecule has 17 heavy (non-hydrogen) atoms. The van der Waals surface area contributed by atoms with Gasteiger partial charge in [0.1, 0.15) is 4.99 Å². The number of hydrogen-bond acceptors (Lipinski definition) is 4. The largest absolute Gasteiger partial charge is 0.395 e. The summed E-state index contributed by atoms with van der Waals surface area (Å²) < 4.78 is 0.